The lowest BCUT2D eigenvalue weighted by atomic mass is 9.51. The number of carbonyl (C=O) groups excluding carboxylic acids is 3. The van der Waals surface area contributed by atoms with E-state index in [1.54, 1.807) is 14.0 Å². The van der Waals surface area contributed by atoms with E-state index in [-0.39, 0.29) is 41.1 Å². The number of hydrogen-bond donors (Lipinski definition) is 0. The van der Waals surface area contributed by atoms with Gasteiger partial charge in [-0.15, -0.1) is 0 Å². The van der Waals surface area contributed by atoms with Crippen LogP contribution in [-0.4, -0.2) is 71.7 Å². The Morgan fingerprint density at radius 1 is 1.07 bits per heavy atom. The van der Waals surface area contributed by atoms with Crippen molar-refractivity contribution >= 4 is 17.5 Å². The average Bonchev–Trinajstić information content (AvgIpc) is 3.32. The molecule has 0 aromatic heterocycles. The van der Waals surface area contributed by atoms with Crippen molar-refractivity contribution in [3.63, 3.8) is 0 Å². The molecule has 2 heterocycles. The molecule has 1 spiro atoms. The maximum Gasteiger partial charge on any atom is 0.223 e. The van der Waals surface area contributed by atoms with E-state index in [1.165, 1.54) is 11.1 Å². The number of hydrogen-bond acceptors (Lipinski definition) is 6. The molecule has 4 aliphatic rings. The van der Waals surface area contributed by atoms with Crippen LogP contribution < -0.4 is 9.47 Å². The monoisotopic (exact) mass is 572 g/mol. The Labute approximate surface area is 249 Å². The minimum absolute atomic E-state index is 0.0345. The van der Waals surface area contributed by atoms with E-state index in [9.17, 15) is 14.4 Å². The van der Waals surface area contributed by atoms with Crippen LogP contribution in [0.2, 0.25) is 0 Å². The van der Waals surface area contributed by atoms with Gasteiger partial charge in [0.25, 0.3) is 0 Å². The van der Waals surface area contributed by atoms with Crippen LogP contribution in [0.1, 0.15) is 87.2 Å². The van der Waals surface area contributed by atoms with Crippen molar-refractivity contribution in [3.8, 4) is 11.5 Å². The van der Waals surface area contributed by atoms with Gasteiger partial charge in [-0.1, -0.05) is 36.4 Å². The number of nitrogens with zero attached hydrogens (tertiary/aromatic N) is 2. The molecule has 2 aliphatic heterocycles. The number of unbranched alkanes of at least 4 members (excludes halogenated alkanes) is 1. The second-order valence-electron chi connectivity index (χ2n) is 13.0. The van der Waals surface area contributed by atoms with E-state index in [0.29, 0.717) is 44.2 Å². The molecule has 0 N–H and O–H groups in total. The summed E-state index contributed by atoms with van der Waals surface area (Å²) in [6, 6.07) is 13.9. The molecule has 2 aromatic carbocycles. The molecule has 0 unspecified atom stereocenters. The number of Topliss-reactive ketones (excluding diaryl/α,β-unsaturated/α-hetero) is 2. The van der Waals surface area contributed by atoms with Crippen LogP contribution in [-0.2, 0) is 21.4 Å². The zero-order chi connectivity index (χ0) is 29.6. The van der Waals surface area contributed by atoms with Gasteiger partial charge < -0.3 is 14.4 Å². The van der Waals surface area contributed by atoms with Gasteiger partial charge in [0.1, 0.15) is 11.9 Å². The van der Waals surface area contributed by atoms with Crippen LogP contribution >= 0.6 is 0 Å². The summed E-state index contributed by atoms with van der Waals surface area (Å²) in [5, 5.41) is 0. The van der Waals surface area contributed by atoms with Gasteiger partial charge in [0.2, 0.25) is 5.91 Å². The number of piperidine rings is 1. The van der Waals surface area contributed by atoms with E-state index in [0.717, 1.165) is 49.3 Å². The maximum atomic E-state index is 13.9. The number of ketones is 2. The van der Waals surface area contributed by atoms with E-state index >= 15 is 0 Å². The standard InChI is InChI=1S/C35H44N2O5/c1-22(2)37(31(40)13-9-8-12-29(39)24-10-6-5-7-11-24)27-16-15-26-28-20-25-14-17-30(41-4)33-32(25)35(26,34(27)42-33)18-19-36(28)21-23(3)38/h5-7,10-11,14,17,22,26-28,34H,8-9,12-13,15-16,18-21H2,1-4H3/t26-,27+,28+,34-,35-/m0/s1. The van der Waals surface area contributed by atoms with Crippen molar-refractivity contribution in [1.82, 2.24) is 9.80 Å². The van der Waals surface area contributed by atoms with E-state index in [1.807, 2.05) is 36.4 Å². The summed E-state index contributed by atoms with van der Waals surface area (Å²) >= 11 is 0. The number of carbonyl (C=O) groups is 3. The van der Waals surface area contributed by atoms with Crippen molar-refractivity contribution < 1.29 is 23.9 Å². The highest BCUT2D eigenvalue weighted by Gasteiger charge is 2.66. The van der Waals surface area contributed by atoms with Crippen LogP contribution in [0.25, 0.3) is 0 Å². The largest absolute Gasteiger partial charge is 0.493 e. The van der Waals surface area contributed by atoms with Crippen LogP contribution in [0.3, 0.4) is 0 Å². The second-order valence-corrected chi connectivity index (χ2v) is 13.0. The summed E-state index contributed by atoms with van der Waals surface area (Å²) in [5.74, 6) is 2.50. The molecule has 0 radical (unpaired) electrons. The van der Waals surface area contributed by atoms with Gasteiger partial charge in [-0.25, -0.2) is 0 Å². The first-order chi connectivity index (χ1) is 20.3. The van der Waals surface area contributed by atoms with Crippen molar-refractivity contribution in [1.29, 1.82) is 0 Å². The Morgan fingerprint density at radius 3 is 2.55 bits per heavy atom. The lowest BCUT2D eigenvalue weighted by molar-refractivity contribution is -0.146. The first kappa shape index (κ1) is 28.9. The summed E-state index contributed by atoms with van der Waals surface area (Å²) in [7, 11) is 1.70. The minimum atomic E-state index is -0.187. The van der Waals surface area contributed by atoms with Crippen LogP contribution in [0.5, 0.6) is 11.5 Å². The smallest absolute Gasteiger partial charge is 0.223 e. The molecule has 6 rings (SSSR count). The van der Waals surface area contributed by atoms with Gasteiger partial charge in [-0.3, -0.25) is 19.3 Å². The molecule has 42 heavy (non-hydrogen) atoms. The lowest BCUT2D eigenvalue weighted by Crippen LogP contribution is -2.70. The van der Waals surface area contributed by atoms with Gasteiger partial charge in [0, 0.05) is 41.5 Å². The number of benzene rings is 2. The Balaban J connectivity index is 1.24. The number of amides is 1. The number of rotatable bonds is 11. The SMILES string of the molecule is COc1ccc2c3c1O[C@H]1[C@H](N(C(=O)CCCCC(=O)c4ccccc4)C(C)C)CC[C@H]4[C@@H](C2)N(CC(C)=O)CC[C@@]341. The number of ether oxygens (including phenoxy) is 2. The molecule has 2 aromatic rings. The summed E-state index contributed by atoms with van der Waals surface area (Å²) in [4.78, 5) is 43.2. The van der Waals surface area contributed by atoms with Crippen molar-refractivity contribution in [2.75, 3.05) is 20.2 Å². The minimum Gasteiger partial charge on any atom is -0.493 e. The second kappa shape index (κ2) is 11.5. The highest BCUT2D eigenvalue weighted by atomic mass is 16.5. The number of methoxy groups -OCH3 is 1. The molecule has 1 saturated carbocycles. The van der Waals surface area contributed by atoms with Crippen LogP contribution in [0.4, 0.5) is 0 Å². The Kier molecular flexibility index (Phi) is 7.90. The Morgan fingerprint density at radius 2 is 1.83 bits per heavy atom. The topological polar surface area (TPSA) is 76.2 Å². The van der Waals surface area contributed by atoms with Crippen molar-refractivity contribution in [2.24, 2.45) is 5.92 Å². The van der Waals surface area contributed by atoms with Gasteiger partial charge in [-0.05, 0) is 83.4 Å². The van der Waals surface area contributed by atoms with E-state index in [4.69, 9.17) is 9.47 Å². The summed E-state index contributed by atoms with van der Waals surface area (Å²) < 4.78 is 12.8. The third-order valence-corrected chi connectivity index (χ3v) is 10.4. The Bertz CT molecular complexity index is 1360. The molecule has 7 heteroatoms. The molecule has 224 valence electrons. The third kappa shape index (κ3) is 4.74. The predicted molar refractivity (Wildman–Crippen MR) is 161 cm³/mol. The number of likely N-dealkylation sites (tertiary alicyclic amines) is 1. The molecule has 7 nitrogen and oxygen atoms in total. The third-order valence-electron chi connectivity index (χ3n) is 10.4. The fraction of sp³-hybridized carbons (Fsp3) is 0.571. The highest BCUT2D eigenvalue weighted by molar-refractivity contribution is 5.96. The summed E-state index contributed by atoms with van der Waals surface area (Å²) in [6.07, 6.45) is 5.83. The predicted octanol–water partition coefficient (Wildman–Crippen LogP) is 5.37. The molecule has 2 bridgehead atoms. The maximum absolute atomic E-state index is 13.9. The molecule has 2 aliphatic carbocycles. The first-order valence-corrected chi connectivity index (χ1v) is 15.8. The summed E-state index contributed by atoms with van der Waals surface area (Å²) in [5.41, 5.74) is 3.15. The normalized spacial score (nSPS) is 27.3. The van der Waals surface area contributed by atoms with Gasteiger partial charge in [-0.2, -0.15) is 0 Å². The molecular formula is C35H44N2O5. The molecule has 1 saturated heterocycles. The van der Waals surface area contributed by atoms with Gasteiger partial charge >= 0.3 is 0 Å². The molecular weight excluding hydrogens is 528 g/mol. The van der Waals surface area contributed by atoms with E-state index < -0.39 is 0 Å². The van der Waals surface area contributed by atoms with Crippen LogP contribution in [0.15, 0.2) is 42.5 Å². The van der Waals surface area contributed by atoms with Gasteiger partial charge in [0.05, 0.1) is 19.7 Å². The molecule has 2 fully saturated rings. The summed E-state index contributed by atoms with van der Waals surface area (Å²) in [6.45, 7) is 7.25. The van der Waals surface area contributed by atoms with Crippen LogP contribution in [0, 0.1) is 5.92 Å². The fourth-order valence-corrected chi connectivity index (χ4v) is 8.83. The quantitative estimate of drug-likeness (QED) is 0.266. The first-order valence-electron chi connectivity index (χ1n) is 15.8. The van der Waals surface area contributed by atoms with Crippen molar-refractivity contribution in [3.05, 3.63) is 59.2 Å². The average molecular weight is 573 g/mol. The van der Waals surface area contributed by atoms with E-state index in [2.05, 4.69) is 29.7 Å². The molecule has 1 amide bonds. The molecule has 5 atom stereocenters. The fourth-order valence-electron chi connectivity index (χ4n) is 8.83. The van der Waals surface area contributed by atoms with Gasteiger partial charge in [0.15, 0.2) is 17.3 Å². The zero-order valence-electron chi connectivity index (χ0n) is 25.4. The highest BCUT2D eigenvalue weighted by Crippen LogP contribution is 2.64. The van der Waals surface area contributed by atoms with Crippen molar-refractivity contribution in [2.45, 2.75) is 102 Å². The zero-order valence-corrected chi connectivity index (χ0v) is 25.4. The Hall–Kier alpha value is -3.19. The lowest BCUT2D eigenvalue weighted by Gasteiger charge is -2.60.